The Morgan fingerprint density at radius 1 is 1.18 bits per heavy atom. The second-order valence-electron chi connectivity index (χ2n) is 7.73. The average molecular weight is 466 g/mol. The number of nitrogens with one attached hydrogen (secondary N) is 2. The Bertz CT molecular complexity index is 1270. The SMILES string of the molecule is COc1ccc(CN(C)C(=O)[C@H](Cc2c[nH]c3ccccc23)NC(=O)c2cccs2)cc1F. The fraction of sp³-hybridized carbons (Fsp3) is 0.200. The number of carbonyl (C=O) groups is 2. The highest BCUT2D eigenvalue weighted by molar-refractivity contribution is 7.12. The number of amides is 2. The van der Waals surface area contributed by atoms with E-state index in [1.807, 2.05) is 35.8 Å². The largest absolute Gasteiger partial charge is 0.494 e. The molecule has 2 heterocycles. The summed E-state index contributed by atoms with van der Waals surface area (Å²) in [6.45, 7) is 0.193. The van der Waals surface area contributed by atoms with Crippen molar-refractivity contribution in [3.8, 4) is 5.75 Å². The van der Waals surface area contributed by atoms with Gasteiger partial charge in [-0.2, -0.15) is 0 Å². The summed E-state index contributed by atoms with van der Waals surface area (Å²) in [6.07, 6.45) is 2.18. The second-order valence-corrected chi connectivity index (χ2v) is 8.68. The van der Waals surface area contributed by atoms with Gasteiger partial charge in [-0.05, 0) is 40.8 Å². The molecule has 2 N–H and O–H groups in total. The van der Waals surface area contributed by atoms with Gasteiger partial charge in [0.2, 0.25) is 5.91 Å². The Kier molecular flexibility index (Phi) is 6.74. The third kappa shape index (κ3) is 5.06. The summed E-state index contributed by atoms with van der Waals surface area (Å²) in [6, 6.07) is 15.1. The summed E-state index contributed by atoms with van der Waals surface area (Å²) in [7, 11) is 3.04. The summed E-state index contributed by atoms with van der Waals surface area (Å²) in [4.78, 5) is 31.4. The lowest BCUT2D eigenvalue weighted by Crippen LogP contribution is -2.48. The first kappa shape index (κ1) is 22.5. The molecular weight excluding hydrogens is 441 g/mol. The molecule has 0 saturated heterocycles. The number of halogens is 1. The molecule has 0 bridgehead atoms. The number of likely N-dealkylation sites (N-methyl/N-ethyl adjacent to an activating group) is 1. The van der Waals surface area contributed by atoms with E-state index in [9.17, 15) is 14.0 Å². The zero-order valence-electron chi connectivity index (χ0n) is 18.3. The molecule has 6 nitrogen and oxygen atoms in total. The van der Waals surface area contributed by atoms with Gasteiger partial charge in [0.15, 0.2) is 11.6 Å². The molecule has 33 heavy (non-hydrogen) atoms. The summed E-state index contributed by atoms with van der Waals surface area (Å²) in [5, 5.41) is 5.71. The van der Waals surface area contributed by atoms with Crippen molar-refractivity contribution in [3.63, 3.8) is 0 Å². The first-order valence-corrected chi connectivity index (χ1v) is 11.3. The van der Waals surface area contributed by atoms with Crippen LogP contribution in [0, 0.1) is 5.82 Å². The maximum Gasteiger partial charge on any atom is 0.262 e. The molecule has 1 atom stereocenters. The van der Waals surface area contributed by atoms with E-state index in [2.05, 4.69) is 10.3 Å². The quantitative estimate of drug-likeness (QED) is 0.406. The molecule has 4 aromatic rings. The standard InChI is InChI=1S/C25H24FN3O3S/c1-29(15-16-9-10-22(32-2)19(26)12-16)25(31)21(28-24(30)23-8-5-11-33-23)13-17-14-27-20-7-4-3-6-18(17)20/h3-12,14,21,27H,13,15H2,1-2H3,(H,28,30)/t21-/m0/s1. The fourth-order valence-electron chi connectivity index (χ4n) is 3.78. The number of hydrogen-bond donors (Lipinski definition) is 2. The normalized spacial score (nSPS) is 11.8. The number of ether oxygens (including phenoxy) is 1. The zero-order chi connectivity index (χ0) is 23.4. The minimum absolute atomic E-state index is 0.146. The third-order valence-electron chi connectivity index (χ3n) is 5.46. The van der Waals surface area contributed by atoms with Gasteiger partial charge in [0.1, 0.15) is 6.04 Å². The minimum atomic E-state index is -0.785. The summed E-state index contributed by atoms with van der Waals surface area (Å²) >= 11 is 1.31. The maximum atomic E-state index is 14.1. The van der Waals surface area contributed by atoms with Crippen molar-refractivity contribution in [2.45, 2.75) is 19.0 Å². The van der Waals surface area contributed by atoms with Crippen molar-refractivity contribution in [1.82, 2.24) is 15.2 Å². The molecule has 4 rings (SSSR count). The average Bonchev–Trinajstić information content (AvgIpc) is 3.49. The summed E-state index contributed by atoms with van der Waals surface area (Å²) in [5.74, 6) is -0.904. The predicted molar refractivity (Wildman–Crippen MR) is 127 cm³/mol. The third-order valence-corrected chi connectivity index (χ3v) is 6.33. The van der Waals surface area contributed by atoms with Gasteiger partial charge in [-0.25, -0.2) is 4.39 Å². The predicted octanol–water partition coefficient (Wildman–Crippen LogP) is 4.38. The molecular formula is C25H24FN3O3S. The number of aromatic amines is 1. The van der Waals surface area contributed by atoms with Crippen LogP contribution in [0.5, 0.6) is 5.75 Å². The Morgan fingerprint density at radius 2 is 2.00 bits per heavy atom. The Morgan fingerprint density at radius 3 is 2.73 bits per heavy atom. The number of para-hydroxylation sites is 1. The van der Waals surface area contributed by atoms with Gasteiger partial charge in [-0.1, -0.05) is 30.3 Å². The molecule has 2 amide bonds. The molecule has 0 fully saturated rings. The van der Waals surface area contributed by atoms with Gasteiger partial charge in [-0.15, -0.1) is 11.3 Å². The zero-order valence-corrected chi connectivity index (χ0v) is 19.1. The van der Waals surface area contributed by atoms with Crippen LogP contribution < -0.4 is 10.1 Å². The number of benzene rings is 2. The molecule has 170 valence electrons. The van der Waals surface area contributed by atoms with E-state index >= 15 is 0 Å². The van der Waals surface area contributed by atoms with Gasteiger partial charge in [0, 0.05) is 37.1 Å². The van der Waals surface area contributed by atoms with Gasteiger partial charge in [0.25, 0.3) is 5.91 Å². The topological polar surface area (TPSA) is 74.4 Å². The molecule has 0 saturated carbocycles. The van der Waals surface area contributed by atoms with Crippen LogP contribution in [0.1, 0.15) is 20.8 Å². The fourth-order valence-corrected chi connectivity index (χ4v) is 4.41. The number of rotatable bonds is 8. The number of aromatic nitrogens is 1. The van der Waals surface area contributed by atoms with Crippen LogP contribution >= 0.6 is 11.3 Å². The Balaban J connectivity index is 1.56. The maximum absolute atomic E-state index is 14.1. The van der Waals surface area contributed by atoms with Crippen molar-refractivity contribution >= 4 is 34.1 Å². The van der Waals surface area contributed by atoms with E-state index < -0.39 is 11.9 Å². The molecule has 2 aromatic heterocycles. The molecule has 0 unspecified atom stereocenters. The molecule has 0 aliphatic rings. The first-order valence-electron chi connectivity index (χ1n) is 10.4. The van der Waals surface area contributed by atoms with Crippen molar-refractivity contribution in [3.05, 3.63) is 88.0 Å². The lowest BCUT2D eigenvalue weighted by atomic mass is 10.0. The number of fused-ring (bicyclic) bond motifs is 1. The van der Waals surface area contributed by atoms with Gasteiger partial charge in [-0.3, -0.25) is 9.59 Å². The van der Waals surface area contributed by atoms with Crippen LogP contribution in [0.3, 0.4) is 0 Å². The number of hydrogen-bond acceptors (Lipinski definition) is 4. The molecule has 0 aliphatic carbocycles. The lowest BCUT2D eigenvalue weighted by molar-refractivity contribution is -0.132. The van der Waals surface area contributed by atoms with Crippen molar-refractivity contribution in [2.24, 2.45) is 0 Å². The second kappa shape index (κ2) is 9.87. The molecule has 0 radical (unpaired) electrons. The first-order chi connectivity index (χ1) is 16.0. The Hall–Kier alpha value is -3.65. The molecule has 2 aromatic carbocycles. The monoisotopic (exact) mass is 465 g/mol. The van der Waals surface area contributed by atoms with Gasteiger partial charge < -0.3 is 19.9 Å². The number of methoxy groups -OCH3 is 1. The van der Waals surface area contributed by atoms with Crippen molar-refractivity contribution < 1.29 is 18.7 Å². The van der Waals surface area contributed by atoms with E-state index in [0.29, 0.717) is 16.9 Å². The van der Waals surface area contributed by atoms with E-state index in [1.165, 1.54) is 35.5 Å². The van der Waals surface area contributed by atoms with E-state index in [0.717, 1.165) is 16.5 Å². The minimum Gasteiger partial charge on any atom is -0.494 e. The van der Waals surface area contributed by atoms with Crippen LogP contribution in [-0.4, -0.2) is 41.9 Å². The van der Waals surface area contributed by atoms with Gasteiger partial charge in [0.05, 0.1) is 12.0 Å². The number of carbonyl (C=O) groups excluding carboxylic acids is 2. The van der Waals surface area contributed by atoms with Crippen LogP contribution in [0.4, 0.5) is 4.39 Å². The van der Waals surface area contributed by atoms with Crippen LogP contribution in [0.25, 0.3) is 10.9 Å². The van der Waals surface area contributed by atoms with Crippen molar-refractivity contribution in [2.75, 3.05) is 14.2 Å². The Labute approximate surface area is 195 Å². The van der Waals surface area contributed by atoms with Crippen molar-refractivity contribution in [1.29, 1.82) is 0 Å². The summed E-state index contributed by atoms with van der Waals surface area (Å²) in [5.41, 5.74) is 2.52. The highest BCUT2D eigenvalue weighted by Crippen LogP contribution is 2.21. The van der Waals surface area contributed by atoms with Crippen LogP contribution in [0.15, 0.2) is 66.2 Å². The van der Waals surface area contributed by atoms with E-state index in [1.54, 1.807) is 25.2 Å². The van der Waals surface area contributed by atoms with Crippen LogP contribution in [-0.2, 0) is 17.8 Å². The van der Waals surface area contributed by atoms with Crippen LogP contribution in [0.2, 0.25) is 0 Å². The smallest absolute Gasteiger partial charge is 0.262 e. The van der Waals surface area contributed by atoms with E-state index in [-0.39, 0.29) is 24.1 Å². The number of nitrogens with zero attached hydrogens (tertiary/aromatic N) is 1. The molecule has 8 heteroatoms. The summed E-state index contributed by atoms with van der Waals surface area (Å²) < 4.78 is 19.1. The molecule has 0 spiro atoms. The van der Waals surface area contributed by atoms with Gasteiger partial charge >= 0.3 is 0 Å². The number of H-pyrrole nitrogens is 1. The highest BCUT2D eigenvalue weighted by Gasteiger charge is 2.26. The highest BCUT2D eigenvalue weighted by atomic mass is 32.1. The lowest BCUT2D eigenvalue weighted by Gasteiger charge is -2.25. The van der Waals surface area contributed by atoms with E-state index in [4.69, 9.17) is 4.74 Å². The molecule has 0 aliphatic heterocycles. The number of thiophene rings is 1.